The Morgan fingerprint density at radius 1 is 1.17 bits per heavy atom. The molecule has 0 N–H and O–H groups in total. The third-order valence-corrected chi connectivity index (χ3v) is 5.18. The Hall–Kier alpha value is -2.04. The molecule has 0 aliphatic carbocycles. The van der Waals surface area contributed by atoms with Crippen LogP contribution >= 0.6 is 12.4 Å². The molecular formula is C19H18ClF6N3O. The number of fused-ring (bicyclic) bond motifs is 3. The number of aryl methyl sites for hydroxylation is 1. The molecule has 1 aliphatic heterocycles. The lowest BCUT2D eigenvalue weighted by atomic mass is 10.1. The van der Waals surface area contributed by atoms with Crippen LogP contribution in [0, 0.1) is 12.7 Å². The largest absolute Gasteiger partial charge is 0.435 e. The molecule has 4 nitrogen and oxygen atoms in total. The number of hydrogen-bond donors (Lipinski definition) is 0. The van der Waals surface area contributed by atoms with Crippen LogP contribution in [-0.4, -0.2) is 46.8 Å². The first kappa shape index (κ1) is 22.6. The molecule has 2 aromatic heterocycles. The summed E-state index contributed by atoms with van der Waals surface area (Å²) in [7, 11) is 0. The Kier molecular flexibility index (Phi) is 6.22. The van der Waals surface area contributed by atoms with Crippen molar-refractivity contribution in [3.8, 4) is 0 Å². The Labute approximate surface area is 173 Å². The van der Waals surface area contributed by atoms with Crippen molar-refractivity contribution >= 4 is 34.2 Å². The lowest BCUT2D eigenvalue weighted by molar-refractivity contribution is -0.195. The van der Waals surface area contributed by atoms with Gasteiger partial charge in [0.05, 0.1) is 11.6 Å². The third-order valence-electron chi connectivity index (χ3n) is 5.18. The predicted molar refractivity (Wildman–Crippen MR) is 102 cm³/mol. The molecule has 1 saturated heterocycles. The van der Waals surface area contributed by atoms with Crippen molar-refractivity contribution in [2.45, 2.75) is 32.4 Å². The van der Waals surface area contributed by atoms with Crippen molar-refractivity contribution in [2.75, 3.05) is 19.6 Å². The van der Waals surface area contributed by atoms with Crippen LogP contribution in [0.1, 0.15) is 11.3 Å². The number of benzene rings is 1. The van der Waals surface area contributed by atoms with Gasteiger partial charge in [0.15, 0.2) is 5.69 Å². The lowest BCUT2D eigenvalue weighted by Crippen LogP contribution is -2.53. The zero-order chi connectivity index (χ0) is 20.9. The molecule has 0 amide bonds. The van der Waals surface area contributed by atoms with Crippen molar-refractivity contribution in [1.82, 2.24) is 14.5 Å². The molecule has 3 aromatic rings. The van der Waals surface area contributed by atoms with E-state index >= 15 is 0 Å². The Bertz CT molecular complexity index is 1060. The Morgan fingerprint density at radius 3 is 2.50 bits per heavy atom. The van der Waals surface area contributed by atoms with Crippen LogP contribution in [0.3, 0.4) is 0 Å². The second-order valence-electron chi connectivity index (χ2n) is 7.10. The maximum atomic E-state index is 14.1. The summed E-state index contributed by atoms with van der Waals surface area (Å²) in [5.74, 6) is -0.503. The fraction of sp³-hybridized carbons (Fsp3) is 0.421. The molecule has 0 unspecified atom stereocenters. The minimum Gasteiger partial charge on any atom is -0.337 e. The second-order valence-corrected chi connectivity index (χ2v) is 7.10. The fourth-order valence-corrected chi connectivity index (χ4v) is 3.79. The molecule has 0 atom stereocenters. The van der Waals surface area contributed by atoms with E-state index in [9.17, 15) is 26.3 Å². The van der Waals surface area contributed by atoms with Crippen molar-refractivity contribution in [1.29, 1.82) is 0 Å². The van der Waals surface area contributed by atoms with Crippen LogP contribution in [0.4, 0.5) is 26.3 Å². The van der Waals surface area contributed by atoms with E-state index in [1.54, 1.807) is 6.92 Å². The van der Waals surface area contributed by atoms with Crippen LogP contribution in [-0.2, 0) is 17.5 Å². The lowest BCUT2D eigenvalue weighted by Gasteiger charge is -2.38. The summed E-state index contributed by atoms with van der Waals surface area (Å²) in [6.45, 7) is -0.246. The van der Waals surface area contributed by atoms with E-state index in [-0.39, 0.29) is 42.9 Å². The highest BCUT2D eigenvalue weighted by Crippen LogP contribution is 2.38. The maximum absolute atomic E-state index is 14.1. The van der Waals surface area contributed by atoms with Gasteiger partial charge in [-0.05, 0) is 30.7 Å². The molecule has 0 radical (unpaired) electrons. The minimum atomic E-state index is -4.67. The van der Waals surface area contributed by atoms with E-state index in [1.165, 1.54) is 22.8 Å². The first-order valence-electron chi connectivity index (χ1n) is 8.95. The van der Waals surface area contributed by atoms with Gasteiger partial charge in [0.1, 0.15) is 5.82 Å². The number of aromatic nitrogens is 2. The van der Waals surface area contributed by atoms with E-state index < -0.39 is 30.4 Å². The SMILES string of the molecule is Cc1cc2c(cc1F)c1ccnc(C(F)(F)F)c1n2CCN1CC(OC(F)F)C1.Cl. The Balaban J connectivity index is 0.00000256. The number of rotatable bonds is 5. The van der Waals surface area contributed by atoms with Gasteiger partial charge in [-0.2, -0.15) is 22.0 Å². The highest BCUT2D eigenvalue weighted by atomic mass is 35.5. The van der Waals surface area contributed by atoms with E-state index in [1.807, 2.05) is 4.90 Å². The molecule has 1 aromatic carbocycles. The number of pyridine rings is 1. The fourth-order valence-electron chi connectivity index (χ4n) is 3.79. The molecule has 3 heterocycles. The molecular weight excluding hydrogens is 436 g/mol. The maximum Gasteiger partial charge on any atom is 0.435 e. The molecule has 164 valence electrons. The molecule has 0 saturated carbocycles. The summed E-state index contributed by atoms with van der Waals surface area (Å²) in [6.07, 6.45) is -4.20. The summed E-state index contributed by atoms with van der Waals surface area (Å²) in [5, 5.41) is 0.641. The standard InChI is InChI=1S/C19H17F6N3O.ClH/c1-10-6-15-13(7-14(10)20)12-2-3-26-17(19(23,24)25)16(12)28(15)5-4-27-8-11(9-27)29-18(21)22;/h2-3,6-7,11,18H,4-5,8-9H2,1H3;1H. The molecule has 30 heavy (non-hydrogen) atoms. The predicted octanol–water partition coefficient (Wildman–Crippen LogP) is 5.00. The molecule has 11 heteroatoms. The van der Waals surface area contributed by atoms with Crippen LogP contribution in [0.2, 0.25) is 0 Å². The highest BCUT2D eigenvalue weighted by molar-refractivity contribution is 6.09. The van der Waals surface area contributed by atoms with Gasteiger partial charge < -0.3 is 9.30 Å². The number of likely N-dealkylation sites (tertiary alicyclic amines) is 1. The van der Waals surface area contributed by atoms with Gasteiger partial charge in [-0.1, -0.05) is 0 Å². The van der Waals surface area contributed by atoms with E-state index in [0.29, 0.717) is 23.0 Å². The van der Waals surface area contributed by atoms with E-state index in [2.05, 4.69) is 9.72 Å². The minimum absolute atomic E-state index is 0. The summed E-state index contributed by atoms with van der Waals surface area (Å²) in [6, 6.07) is 4.19. The van der Waals surface area contributed by atoms with E-state index in [0.717, 1.165) is 6.20 Å². The summed E-state index contributed by atoms with van der Waals surface area (Å²) in [4.78, 5) is 5.34. The summed E-state index contributed by atoms with van der Waals surface area (Å²) >= 11 is 0. The molecule has 1 fully saturated rings. The first-order valence-corrected chi connectivity index (χ1v) is 8.95. The first-order chi connectivity index (χ1) is 13.6. The van der Waals surface area contributed by atoms with Crippen LogP contribution in [0.5, 0.6) is 0 Å². The molecule has 0 spiro atoms. The number of alkyl halides is 5. The average Bonchev–Trinajstić information content (AvgIpc) is 2.89. The number of halogens is 7. The number of ether oxygens (including phenoxy) is 1. The van der Waals surface area contributed by atoms with Gasteiger partial charge in [-0.3, -0.25) is 4.90 Å². The van der Waals surface area contributed by atoms with Gasteiger partial charge in [-0.15, -0.1) is 12.4 Å². The third kappa shape index (κ3) is 4.08. The van der Waals surface area contributed by atoms with Gasteiger partial charge >= 0.3 is 12.8 Å². The topological polar surface area (TPSA) is 30.3 Å². The molecule has 4 rings (SSSR count). The van der Waals surface area contributed by atoms with Gasteiger partial charge in [-0.25, -0.2) is 9.37 Å². The van der Waals surface area contributed by atoms with Gasteiger partial charge in [0.2, 0.25) is 0 Å². The van der Waals surface area contributed by atoms with Crippen LogP contribution < -0.4 is 0 Å². The highest BCUT2D eigenvalue weighted by Gasteiger charge is 2.37. The number of hydrogen-bond acceptors (Lipinski definition) is 3. The van der Waals surface area contributed by atoms with E-state index in [4.69, 9.17) is 0 Å². The van der Waals surface area contributed by atoms with Crippen molar-refractivity contribution in [3.63, 3.8) is 0 Å². The quantitative estimate of drug-likeness (QED) is 0.509. The van der Waals surface area contributed by atoms with Crippen molar-refractivity contribution < 1.29 is 31.1 Å². The zero-order valence-electron chi connectivity index (χ0n) is 15.7. The Morgan fingerprint density at radius 2 is 1.87 bits per heavy atom. The smallest absolute Gasteiger partial charge is 0.337 e. The average molecular weight is 454 g/mol. The van der Waals surface area contributed by atoms with Gasteiger partial charge in [0, 0.05) is 48.7 Å². The second kappa shape index (κ2) is 8.24. The van der Waals surface area contributed by atoms with Crippen molar-refractivity contribution in [2.24, 2.45) is 0 Å². The normalized spacial score (nSPS) is 15.7. The molecule has 0 bridgehead atoms. The van der Waals surface area contributed by atoms with Gasteiger partial charge in [0.25, 0.3) is 0 Å². The van der Waals surface area contributed by atoms with Crippen molar-refractivity contribution in [3.05, 3.63) is 41.5 Å². The molecule has 1 aliphatic rings. The monoisotopic (exact) mass is 453 g/mol. The summed E-state index contributed by atoms with van der Waals surface area (Å²) in [5.41, 5.74) is -0.358. The van der Waals surface area contributed by atoms with Crippen LogP contribution in [0.25, 0.3) is 21.8 Å². The summed E-state index contributed by atoms with van der Waals surface area (Å²) < 4.78 is 85.2. The zero-order valence-corrected chi connectivity index (χ0v) is 16.5. The number of nitrogens with zero attached hydrogens (tertiary/aromatic N) is 3. The van der Waals surface area contributed by atoms with Crippen LogP contribution in [0.15, 0.2) is 24.4 Å².